The molecule has 0 spiro atoms. The lowest BCUT2D eigenvalue weighted by molar-refractivity contribution is -0.116. The molecule has 3 nitrogen and oxygen atoms in total. The van der Waals surface area contributed by atoms with E-state index in [1.807, 2.05) is 20.8 Å². The maximum atomic E-state index is 12.3. The van der Waals surface area contributed by atoms with Gasteiger partial charge in [-0.25, -0.2) is 0 Å². The van der Waals surface area contributed by atoms with Crippen LogP contribution in [0.25, 0.3) is 5.57 Å². The van der Waals surface area contributed by atoms with Gasteiger partial charge in [0.1, 0.15) is 5.76 Å². The molecule has 0 saturated heterocycles. The zero-order chi connectivity index (χ0) is 15.2. The fourth-order valence-corrected chi connectivity index (χ4v) is 3.08. The molecule has 20 heavy (non-hydrogen) atoms. The Hall–Kier alpha value is -1.19. The van der Waals surface area contributed by atoms with Crippen LogP contribution in [0.3, 0.4) is 0 Å². The quantitative estimate of drug-likeness (QED) is 0.863. The number of nitrogens with one attached hydrogen (secondary N) is 1. The fraction of sp³-hybridized carbons (Fsp3) is 0.400. The maximum Gasteiger partial charge on any atom is 0.256 e. The van der Waals surface area contributed by atoms with Gasteiger partial charge >= 0.3 is 0 Å². The van der Waals surface area contributed by atoms with Gasteiger partial charge in [-0.15, -0.1) is 0 Å². The molecule has 0 radical (unpaired) electrons. The number of carbonyl (C=O) groups is 1. The number of benzene rings is 1. The lowest BCUT2D eigenvalue weighted by Crippen LogP contribution is -2.46. The van der Waals surface area contributed by atoms with Crippen LogP contribution in [0.15, 0.2) is 17.9 Å². The number of aliphatic hydroxyl groups excluding tert-OH is 1. The Bertz CT molecular complexity index is 599. The van der Waals surface area contributed by atoms with Gasteiger partial charge in [0.05, 0.1) is 16.1 Å². The van der Waals surface area contributed by atoms with Crippen molar-refractivity contribution in [3.63, 3.8) is 0 Å². The van der Waals surface area contributed by atoms with Crippen molar-refractivity contribution in [1.29, 1.82) is 0 Å². The molecule has 1 aromatic rings. The third-order valence-electron chi connectivity index (χ3n) is 3.99. The van der Waals surface area contributed by atoms with Crippen LogP contribution in [-0.2, 0) is 4.79 Å². The Morgan fingerprint density at radius 1 is 1.30 bits per heavy atom. The zero-order valence-corrected chi connectivity index (χ0v) is 13.4. The summed E-state index contributed by atoms with van der Waals surface area (Å²) in [5.74, 6) is -0.230. The molecule has 1 aliphatic heterocycles. The topological polar surface area (TPSA) is 49.3 Å². The number of rotatable bonds is 2. The van der Waals surface area contributed by atoms with Crippen LogP contribution in [-0.4, -0.2) is 16.6 Å². The first-order valence-corrected chi connectivity index (χ1v) is 7.16. The number of hydrogen-bond acceptors (Lipinski definition) is 2. The van der Waals surface area contributed by atoms with Crippen LogP contribution in [0.2, 0.25) is 10.0 Å². The summed E-state index contributed by atoms with van der Waals surface area (Å²) >= 11 is 12.2. The zero-order valence-electron chi connectivity index (χ0n) is 11.8. The molecule has 1 amide bonds. The molecule has 0 aromatic heterocycles. The maximum absolute atomic E-state index is 12.3. The van der Waals surface area contributed by atoms with Crippen LogP contribution in [0, 0.1) is 12.8 Å². The van der Waals surface area contributed by atoms with Crippen molar-refractivity contribution in [2.24, 2.45) is 5.92 Å². The Labute approximate surface area is 128 Å². The molecule has 0 saturated carbocycles. The van der Waals surface area contributed by atoms with E-state index in [4.69, 9.17) is 23.2 Å². The van der Waals surface area contributed by atoms with Crippen LogP contribution in [0.4, 0.5) is 0 Å². The lowest BCUT2D eigenvalue weighted by atomic mass is 9.86. The number of hydrogen-bond donors (Lipinski definition) is 2. The Kier molecular flexibility index (Phi) is 3.78. The number of amides is 1. The van der Waals surface area contributed by atoms with Crippen molar-refractivity contribution in [2.75, 3.05) is 0 Å². The van der Waals surface area contributed by atoms with Crippen LogP contribution >= 0.6 is 23.2 Å². The minimum atomic E-state index is -0.776. The van der Waals surface area contributed by atoms with Gasteiger partial charge in [0.15, 0.2) is 0 Å². The SMILES string of the molecule is Cc1cc(Cl)cc(Cl)c1C1=C(O)C(C)(C(C)C)NC1=O. The number of carbonyl (C=O) groups excluding carboxylic acids is 1. The lowest BCUT2D eigenvalue weighted by Gasteiger charge is -2.29. The van der Waals surface area contributed by atoms with Crippen molar-refractivity contribution < 1.29 is 9.90 Å². The highest BCUT2D eigenvalue weighted by Gasteiger charge is 2.45. The second-order valence-corrected chi connectivity index (χ2v) is 6.46. The highest BCUT2D eigenvalue weighted by Crippen LogP contribution is 2.40. The van der Waals surface area contributed by atoms with Crippen molar-refractivity contribution in [3.8, 4) is 0 Å². The Morgan fingerprint density at radius 2 is 1.90 bits per heavy atom. The summed E-state index contributed by atoms with van der Waals surface area (Å²) in [5, 5.41) is 14.2. The summed E-state index contributed by atoms with van der Waals surface area (Å²) < 4.78 is 0. The van der Waals surface area contributed by atoms with E-state index < -0.39 is 5.54 Å². The minimum Gasteiger partial charge on any atom is -0.509 e. The minimum absolute atomic E-state index is 0.0322. The van der Waals surface area contributed by atoms with Gasteiger partial charge in [-0.2, -0.15) is 0 Å². The first kappa shape index (κ1) is 15.2. The van der Waals surface area contributed by atoms with Crippen LogP contribution in [0.5, 0.6) is 0 Å². The van der Waals surface area contributed by atoms with Gasteiger partial charge in [-0.3, -0.25) is 4.79 Å². The van der Waals surface area contributed by atoms with Gasteiger partial charge < -0.3 is 10.4 Å². The summed E-state index contributed by atoms with van der Waals surface area (Å²) in [6, 6.07) is 3.30. The van der Waals surface area contributed by atoms with Gasteiger partial charge in [-0.05, 0) is 37.5 Å². The Balaban J connectivity index is 2.69. The number of aryl methyl sites for hydroxylation is 1. The second-order valence-electron chi connectivity index (χ2n) is 5.61. The first-order valence-electron chi connectivity index (χ1n) is 6.40. The summed E-state index contributed by atoms with van der Waals surface area (Å²) in [6.45, 7) is 7.49. The third kappa shape index (κ3) is 2.19. The van der Waals surface area contributed by atoms with Gasteiger partial charge in [0, 0.05) is 10.6 Å². The highest BCUT2D eigenvalue weighted by atomic mass is 35.5. The van der Waals surface area contributed by atoms with Gasteiger partial charge in [-0.1, -0.05) is 37.0 Å². The van der Waals surface area contributed by atoms with Crippen molar-refractivity contribution in [2.45, 2.75) is 33.2 Å². The van der Waals surface area contributed by atoms with E-state index in [0.717, 1.165) is 5.56 Å². The molecular formula is C15H17Cl2NO2. The summed E-state index contributed by atoms with van der Waals surface area (Å²) in [5.41, 5.74) is 0.755. The molecule has 1 heterocycles. The van der Waals surface area contributed by atoms with Crippen molar-refractivity contribution >= 4 is 34.7 Å². The summed E-state index contributed by atoms with van der Waals surface area (Å²) in [6.07, 6.45) is 0. The molecule has 1 aromatic carbocycles. The molecule has 0 fully saturated rings. The normalized spacial score (nSPS) is 22.6. The van der Waals surface area contributed by atoms with Crippen LogP contribution in [0.1, 0.15) is 31.9 Å². The monoisotopic (exact) mass is 313 g/mol. The van der Waals surface area contributed by atoms with Crippen molar-refractivity contribution in [1.82, 2.24) is 5.32 Å². The van der Waals surface area contributed by atoms with E-state index in [0.29, 0.717) is 15.6 Å². The van der Waals surface area contributed by atoms with E-state index in [-0.39, 0.29) is 23.2 Å². The Morgan fingerprint density at radius 3 is 2.35 bits per heavy atom. The molecule has 1 unspecified atom stereocenters. The van der Waals surface area contributed by atoms with E-state index >= 15 is 0 Å². The molecule has 0 bridgehead atoms. The molecule has 108 valence electrons. The predicted molar refractivity (Wildman–Crippen MR) is 82.1 cm³/mol. The third-order valence-corrected chi connectivity index (χ3v) is 4.50. The van der Waals surface area contributed by atoms with E-state index in [1.165, 1.54) is 0 Å². The predicted octanol–water partition coefficient (Wildman–Crippen LogP) is 4.12. The van der Waals surface area contributed by atoms with E-state index in [2.05, 4.69) is 5.32 Å². The summed E-state index contributed by atoms with van der Waals surface area (Å²) in [7, 11) is 0. The molecule has 5 heteroatoms. The molecule has 1 aliphatic rings. The standard InChI is InChI=1S/C15H17Cl2NO2/c1-7(2)15(4)13(19)12(14(20)18-15)11-8(3)5-9(16)6-10(11)17/h5-7,19H,1-4H3,(H,18,20). The smallest absolute Gasteiger partial charge is 0.256 e. The molecule has 1 atom stereocenters. The average Bonchev–Trinajstić information content (AvgIpc) is 2.52. The molecular weight excluding hydrogens is 297 g/mol. The molecule has 0 aliphatic carbocycles. The second kappa shape index (κ2) is 4.97. The van der Waals surface area contributed by atoms with Gasteiger partial charge in [0.2, 0.25) is 0 Å². The number of aliphatic hydroxyl groups is 1. The van der Waals surface area contributed by atoms with E-state index in [1.54, 1.807) is 19.1 Å². The van der Waals surface area contributed by atoms with Crippen molar-refractivity contribution in [3.05, 3.63) is 39.1 Å². The van der Waals surface area contributed by atoms with Crippen LogP contribution < -0.4 is 5.32 Å². The van der Waals surface area contributed by atoms with Gasteiger partial charge in [0.25, 0.3) is 5.91 Å². The largest absolute Gasteiger partial charge is 0.509 e. The molecule has 2 rings (SSSR count). The summed E-state index contributed by atoms with van der Waals surface area (Å²) in [4.78, 5) is 12.3. The average molecular weight is 314 g/mol. The fourth-order valence-electron chi connectivity index (χ4n) is 2.39. The van der Waals surface area contributed by atoms with E-state index in [9.17, 15) is 9.90 Å². The number of halogens is 2. The first-order chi connectivity index (χ1) is 9.18. The highest BCUT2D eigenvalue weighted by molar-refractivity contribution is 6.38. The molecule has 2 N–H and O–H groups in total.